The van der Waals surface area contributed by atoms with Crippen molar-refractivity contribution < 1.29 is 14.0 Å². The predicted molar refractivity (Wildman–Crippen MR) is 122 cm³/mol. The summed E-state index contributed by atoms with van der Waals surface area (Å²) in [7, 11) is 1.66. The molecule has 0 fully saturated rings. The second kappa shape index (κ2) is 10.6. The SMILES string of the molecule is CN(C(=O)CSCc1c(Cl)cccc1Cl)c1ccccc1C(=O)NCc1ccco1. The largest absolute Gasteiger partial charge is 0.467 e. The van der Waals surface area contributed by atoms with Gasteiger partial charge in [-0.3, -0.25) is 9.59 Å². The number of amides is 2. The minimum atomic E-state index is -0.280. The first-order valence-electron chi connectivity index (χ1n) is 9.14. The van der Waals surface area contributed by atoms with E-state index in [0.717, 1.165) is 5.56 Å². The van der Waals surface area contributed by atoms with Crippen molar-refractivity contribution in [3.8, 4) is 0 Å². The third kappa shape index (κ3) is 5.59. The fourth-order valence-electron chi connectivity index (χ4n) is 2.78. The highest BCUT2D eigenvalue weighted by Crippen LogP contribution is 2.28. The van der Waals surface area contributed by atoms with Crippen LogP contribution in [0.25, 0.3) is 0 Å². The van der Waals surface area contributed by atoms with Crippen LogP contribution in [0.1, 0.15) is 21.7 Å². The third-order valence-electron chi connectivity index (χ3n) is 4.42. The zero-order valence-electron chi connectivity index (χ0n) is 16.2. The number of carbonyl (C=O) groups is 2. The van der Waals surface area contributed by atoms with Gasteiger partial charge in [0.1, 0.15) is 5.76 Å². The highest BCUT2D eigenvalue weighted by molar-refractivity contribution is 7.99. The molecule has 0 atom stereocenters. The van der Waals surface area contributed by atoms with Gasteiger partial charge in [-0.2, -0.15) is 0 Å². The summed E-state index contributed by atoms with van der Waals surface area (Å²) in [6.45, 7) is 0.270. The molecule has 0 bridgehead atoms. The van der Waals surface area contributed by atoms with Crippen molar-refractivity contribution in [2.24, 2.45) is 0 Å². The fraction of sp³-hybridized carbons (Fsp3) is 0.182. The fourth-order valence-corrected chi connectivity index (χ4v) is 4.45. The predicted octanol–water partition coefficient (Wildman–Crippen LogP) is 5.41. The lowest BCUT2D eigenvalue weighted by Gasteiger charge is -2.20. The molecule has 0 saturated carbocycles. The number of para-hydroxylation sites is 1. The van der Waals surface area contributed by atoms with Gasteiger partial charge in [-0.25, -0.2) is 0 Å². The second-order valence-electron chi connectivity index (χ2n) is 6.42. The van der Waals surface area contributed by atoms with Crippen molar-refractivity contribution >= 4 is 52.5 Å². The molecule has 3 aromatic rings. The number of benzene rings is 2. The van der Waals surface area contributed by atoms with Gasteiger partial charge < -0.3 is 14.6 Å². The average Bonchev–Trinajstić information content (AvgIpc) is 3.27. The van der Waals surface area contributed by atoms with Crippen molar-refractivity contribution in [1.29, 1.82) is 0 Å². The Morgan fingerprint density at radius 3 is 2.47 bits per heavy atom. The van der Waals surface area contributed by atoms with Gasteiger partial charge >= 0.3 is 0 Å². The van der Waals surface area contributed by atoms with E-state index in [2.05, 4.69) is 5.32 Å². The number of halogens is 2. The van der Waals surface area contributed by atoms with Gasteiger partial charge in [0.2, 0.25) is 5.91 Å². The summed E-state index contributed by atoms with van der Waals surface area (Å²) in [6, 6.07) is 15.9. The molecule has 0 unspecified atom stereocenters. The molecule has 0 saturated heterocycles. The number of thioether (sulfide) groups is 1. The number of hydrogen-bond acceptors (Lipinski definition) is 4. The van der Waals surface area contributed by atoms with Crippen LogP contribution in [0.5, 0.6) is 0 Å². The maximum atomic E-state index is 12.7. The summed E-state index contributed by atoms with van der Waals surface area (Å²) in [5.41, 5.74) is 1.76. The lowest BCUT2D eigenvalue weighted by atomic mass is 10.1. The summed E-state index contributed by atoms with van der Waals surface area (Å²) in [4.78, 5) is 26.8. The van der Waals surface area contributed by atoms with E-state index in [0.29, 0.717) is 32.8 Å². The Morgan fingerprint density at radius 1 is 1.03 bits per heavy atom. The molecular formula is C22H20Cl2N2O3S. The lowest BCUT2D eigenvalue weighted by Crippen LogP contribution is -2.31. The molecule has 5 nitrogen and oxygen atoms in total. The average molecular weight is 463 g/mol. The van der Waals surface area contributed by atoms with Crippen LogP contribution in [0.2, 0.25) is 10.0 Å². The number of anilines is 1. The number of furan rings is 1. The van der Waals surface area contributed by atoms with E-state index in [1.807, 2.05) is 0 Å². The maximum Gasteiger partial charge on any atom is 0.253 e. The molecule has 0 aliphatic rings. The van der Waals surface area contributed by atoms with Crippen LogP contribution in [0.15, 0.2) is 65.3 Å². The van der Waals surface area contributed by atoms with Crippen molar-refractivity contribution in [3.63, 3.8) is 0 Å². The van der Waals surface area contributed by atoms with Gasteiger partial charge in [0.05, 0.1) is 29.8 Å². The van der Waals surface area contributed by atoms with Gasteiger partial charge in [0, 0.05) is 22.8 Å². The smallest absolute Gasteiger partial charge is 0.253 e. The highest BCUT2D eigenvalue weighted by atomic mass is 35.5. The highest BCUT2D eigenvalue weighted by Gasteiger charge is 2.19. The van der Waals surface area contributed by atoms with E-state index in [-0.39, 0.29) is 24.1 Å². The van der Waals surface area contributed by atoms with Crippen molar-refractivity contribution in [2.75, 3.05) is 17.7 Å². The van der Waals surface area contributed by atoms with Crippen molar-refractivity contribution in [2.45, 2.75) is 12.3 Å². The number of rotatable bonds is 8. The van der Waals surface area contributed by atoms with Crippen LogP contribution in [0, 0.1) is 0 Å². The molecule has 2 aromatic carbocycles. The Balaban J connectivity index is 1.62. The van der Waals surface area contributed by atoms with E-state index in [1.54, 1.807) is 67.9 Å². The first-order chi connectivity index (χ1) is 14.5. The van der Waals surface area contributed by atoms with Gasteiger partial charge in [-0.05, 0) is 42.0 Å². The molecule has 1 N–H and O–H groups in total. The van der Waals surface area contributed by atoms with Gasteiger partial charge in [-0.1, -0.05) is 41.4 Å². The molecule has 0 spiro atoms. The first kappa shape index (κ1) is 22.3. The topological polar surface area (TPSA) is 62.6 Å². The van der Waals surface area contributed by atoms with Gasteiger partial charge in [0.15, 0.2) is 0 Å². The van der Waals surface area contributed by atoms with Crippen LogP contribution in [0.3, 0.4) is 0 Å². The van der Waals surface area contributed by atoms with Crippen LogP contribution >= 0.6 is 35.0 Å². The van der Waals surface area contributed by atoms with Crippen LogP contribution in [-0.2, 0) is 17.1 Å². The quantitative estimate of drug-likeness (QED) is 0.485. The third-order valence-corrected chi connectivity index (χ3v) is 6.07. The minimum absolute atomic E-state index is 0.130. The molecule has 0 aliphatic carbocycles. The van der Waals surface area contributed by atoms with E-state index in [9.17, 15) is 9.59 Å². The Bertz CT molecular complexity index is 1000. The maximum absolute atomic E-state index is 12.7. The Labute approximate surface area is 189 Å². The number of nitrogens with zero attached hydrogens (tertiary/aromatic N) is 1. The Morgan fingerprint density at radius 2 is 1.77 bits per heavy atom. The van der Waals surface area contributed by atoms with Crippen LogP contribution in [0.4, 0.5) is 5.69 Å². The zero-order chi connectivity index (χ0) is 21.5. The molecule has 0 radical (unpaired) electrons. The monoisotopic (exact) mass is 462 g/mol. The standard InChI is InChI=1S/C22H20Cl2N2O3S/c1-26(21(27)14-30-13-17-18(23)8-4-9-19(17)24)20-10-3-2-7-16(20)22(28)25-12-15-6-5-11-29-15/h2-11H,12-14H2,1H3,(H,25,28). The summed E-state index contributed by atoms with van der Waals surface area (Å²) in [5, 5.41) is 3.96. The van der Waals surface area contributed by atoms with E-state index >= 15 is 0 Å². The van der Waals surface area contributed by atoms with E-state index in [1.165, 1.54) is 16.7 Å². The zero-order valence-corrected chi connectivity index (χ0v) is 18.6. The number of hydrogen-bond donors (Lipinski definition) is 1. The van der Waals surface area contributed by atoms with Crippen molar-refractivity contribution in [1.82, 2.24) is 5.32 Å². The summed E-state index contributed by atoms with van der Waals surface area (Å²) >= 11 is 13.8. The summed E-state index contributed by atoms with van der Waals surface area (Å²) in [6.07, 6.45) is 1.55. The molecular weight excluding hydrogens is 443 g/mol. The molecule has 30 heavy (non-hydrogen) atoms. The molecule has 1 heterocycles. The normalized spacial score (nSPS) is 10.6. The molecule has 0 aliphatic heterocycles. The Hall–Kier alpha value is -2.41. The molecule has 2 amide bonds. The lowest BCUT2D eigenvalue weighted by molar-refractivity contribution is -0.115. The minimum Gasteiger partial charge on any atom is -0.467 e. The first-order valence-corrected chi connectivity index (χ1v) is 11.0. The van der Waals surface area contributed by atoms with Crippen molar-refractivity contribution in [3.05, 3.63) is 87.8 Å². The van der Waals surface area contributed by atoms with Crippen LogP contribution < -0.4 is 10.2 Å². The molecule has 1 aromatic heterocycles. The summed E-state index contributed by atoms with van der Waals surface area (Å²) < 4.78 is 5.23. The van der Waals surface area contributed by atoms with Crippen LogP contribution in [-0.4, -0.2) is 24.6 Å². The van der Waals surface area contributed by atoms with E-state index < -0.39 is 0 Å². The molecule has 3 rings (SSSR count). The van der Waals surface area contributed by atoms with E-state index in [4.69, 9.17) is 27.6 Å². The number of carbonyl (C=O) groups excluding carboxylic acids is 2. The number of nitrogens with one attached hydrogen (secondary N) is 1. The summed E-state index contributed by atoms with van der Waals surface area (Å²) in [5.74, 6) is 0.982. The molecule has 156 valence electrons. The second-order valence-corrected chi connectivity index (χ2v) is 8.22. The van der Waals surface area contributed by atoms with Gasteiger partial charge in [0.25, 0.3) is 5.91 Å². The Kier molecular flexibility index (Phi) is 7.85. The molecule has 8 heteroatoms. The van der Waals surface area contributed by atoms with Gasteiger partial charge in [-0.15, -0.1) is 11.8 Å².